The third-order valence-corrected chi connectivity index (χ3v) is 8.88. The van der Waals surface area contributed by atoms with Gasteiger partial charge >= 0.3 is 18.2 Å². The third-order valence-electron chi connectivity index (χ3n) is 8.88. The molecule has 4 heterocycles. The van der Waals surface area contributed by atoms with Crippen LogP contribution in [-0.2, 0) is 14.2 Å². The Labute approximate surface area is 298 Å². The standard InChI is InChI=1S/C39H48N6O6/c1-8-49-35(46)32-31(42-34(43-32)30-12-10-22-45(30)37(48)51-39(5,6)7)27-19-15-25(16-20-27)24-13-17-26(18-14-24)28-23-40-33(41-28)29-11-9-21-44(29)36(47)50-38(2,3)4/h13-20,23,29-30H,8-12,21-22H2,1-7H3,(H,40,41)(H,42,43)/t29-,30?/m0/s1. The predicted molar refractivity (Wildman–Crippen MR) is 193 cm³/mol. The van der Waals surface area contributed by atoms with E-state index in [0.29, 0.717) is 31.0 Å². The summed E-state index contributed by atoms with van der Waals surface area (Å²) in [6.45, 7) is 14.3. The molecule has 1 unspecified atom stereocenters. The van der Waals surface area contributed by atoms with Crippen molar-refractivity contribution in [2.24, 2.45) is 0 Å². The molecule has 51 heavy (non-hydrogen) atoms. The predicted octanol–water partition coefficient (Wildman–Crippen LogP) is 8.45. The van der Waals surface area contributed by atoms with E-state index >= 15 is 0 Å². The number of carbonyl (C=O) groups is 3. The summed E-state index contributed by atoms with van der Waals surface area (Å²) in [4.78, 5) is 58.4. The number of likely N-dealkylation sites (tertiary alicyclic amines) is 2. The lowest BCUT2D eigenvalue weighted by molar-refractivity contribution is 0.0208. The van der Waals surface area contributed by atoms with Gasteiger partial charge in [0.15, 0.2) is 5.69 Å². The van der Waals surface area contributed by atoms with Gasteiger partial charge in [0.1, 0.15) is 28.5 Å². The first-order chi connectivity index (χ1) is 24.2. The maximum absolute atomic E-state index is 13.1. The van der Waals surface area contributed by atoms with Gasteiger partial charge in [-0.2, -0.15) is 0 Å². The molecule has 0 saturated carbocycles. The third kappa shape index (κ3) is 8.10. The van der Waals surface area contributed by atoms with E-state index in [0.717, 1.165) is 53.0 Å². The zero-order valence-electron chi connectivity index (χ0n) is 30.5. The monoisotopic (exact) mass is 696 g/mol. The van der Waals surface area contributed by atoms with E-state index in [4.69, 9.17) is 19.2 Å². The van der Waals surface area contributed by atoms with Crippen LogP contribution in [0.25, 0.3) is 33.6 Å². The number of nitrogens with one attached hydrogen (secondary N) is 2. The van der Waals surface area contributed by atoms with Crippen LogP contribution in [0.5, 0.6) is 0 Å². The van der Waals surface area contributed by atoms with Gasteiger partial charge in [0, 0.05) is 18.7 Å². The molecule has 2 fully saturated rings. The minimum Gasteiger partial charge on any atom is -0.461 e. The van der Waals surface area contributed by atoms with Crippen molar-refractivity contribution >= 4 is 18.2 Å². The fourth-order valence-corrected chi connectivity index (χ4v) is 6.60. The van der Waals surface area contributed by atoms with Crippen molar-refractivity contribution in [3.63, 3.8) is 0 Å². The number of carbonyl (C=O) groups excluding carboxylic acids is 3. The molecule has 12 heteroatoms. The van der Waals surface area contributed by atoms with Crippen LogP contribution < -0.4 is 0 Å². The normalized spacial score (nSPS) is 17.9. The average molecular weight is 697 g/mol. The number of aromatic amines is 2. The van der Waals surface area contributed by atoms with Crippen molar-refractivity contribution in [2.45, 2.75) is 97.4 Å². The van der Waals surface area contributed by atoms with Crippen LogP contribution in [-0.4, -0.2) is 78.8 Å². The molecule has 2 aromatic heterocycles. The summed E-state index contributed by atoms with van der Waals surface area (Å²) in [5, 5.41) is 0. The molecule has 0 bridgehead atoms. The molecule has 2 amide bonds. The van der Waals surface area contributed by atoms with Gasteiger partial charge in [0.2, 0.25) is 0 Å². The molecule has 2 aliphatic heterocycles. The number of rotatable bonds is 7. The van der Waals surface area contributed by atoms with Crippen molar-refractivity contribution in [1.29, 1.82) is 0 Å². The number of benzene rings is 2. The minimum atomic E-state index is -0.624. The second kappa shape index (κ2) is 14.2. The average Bonchev–Trinajstić information content (AvgIpc) is 3.89. The van der Waals surface area contributed by atoms with Crippen LogP contribution in [0.2, 0.25) is 0 Å². The Hall–Kier alpha value is -5.13. The Balaban J connectivity index is 1.19. The van der Waals surface area contributed by atoms with Crippen molar-refractivity contribution in [3.8, 4) is 33.6 Å². The molecule has 12 nitrogen and oxygen atoms in total. The summed E-state index contributed by atoms with van der Waals surface area (Å²) < 4.78 is 16.6. The topological polar surface area (TPSA) is 143 Å². The summed E-state index contributed by atoms with van der Waals surface area (Å²) in [5.74, 6) is 0.783. The van der Waals surface area contributed by atoms with Gasteiger partial charge in [0.25, 0.3) is 0 Å². The fourth-order valence-electron chi connectivity index (χ4n) is 6.60. The van der Waals surface area contributed by atoms with Crippen LogP contribution in [0.4, 0.5) is 9.59 Å². The van der Waals surface area contributed by atoms with Gasteiger partial charge in [0.05, 0.1) is 30.6 Å². The van der Waals surface area contributed by atoms with E-state index in [1.807, 2.05) is 84.1 Å². The van der Waals surface area contributed by atoms with E-state index in [2.05, 4.69) is 27.1 Å². The second-order valence-corrected chi connectivity index (χ2v) is 15.1. The molecule has 0 aliphatic carbocycles. The first-order valence-corrected chi connectivity index (χ1v) is 17.7. The Morgan fingerprint density at radius 3 is 1.73 bits per heavy atom. The zero-order valence-corrected chi connectivity index (χ0v) is 30.5. The van der Waals surface area contributed by atoms with Crippen LogP contribution in [0, 0.1) is 0 Å². The molecule has 2 atom stereocenters. The summed E-state index contributed by atoms with van der Waals surface area (Å²) >= 11 is 0. The highest BCUT2D eigenvalue weighted by Gasteiger charge is 2.37. The highest BCUT2D eigenvalue weighted by atomic mass is 16.6. The molecule has 0 spiro atoms. The molecule has 2 aliphatic rings. The molecule has 2 N–H and O–H groups in total. The van der Waals surface area contributed by atoms with Gasteiger partial charge in [-0.3, -0.25) is 9.80 Å². The summed E-state index contributed by atoms with van der Waals surface area (Å²) in [6, 6.07) is 15.6. The van der Waals surface area contributed by atoms with Crippen LogP contribution in [0.3, 0.4) is 0 Å². The number of esters is 1. The van der Waals surface area contributed by atoms with Crippen molar-refractivity contribution in [2.75, 3.05) is 19.7 Å². The number of nitrogens with zero attached hydrogens (tertiary/aromatic N) is 4. The Kier molecular flexibility index (Phi) is 9.97. The first kappa shape index (κ1) is 35.7. The largest absolute Gasteiger partial charge is 0.461 e. The Morgan fingerprint density at radius 2 is 1.22 bits per heavy atom. The molecular formula is C39H48N6O6. The van der Waals surface area contributed by atoms with Crippen molar-refractivity contribution < 1.29 is 28.6 Å². The Bertz CT molecular complexity index is 1870. The van der Waals surface area contributed by atoms with Crippen LogP contribution in [0.1, 0.15) is 108 Å². The molecule has 2 saturated heterocycles. The zero-order chi connectivity index (χ0) is 36.5. The SMILES string of the molecule is CCOC(=O)c1[nH]c(C2CCCN2C(=O)OC(C)(C)C)nc1-c1ccc(-c2ccc(-c3cnc([C@@H]4CCCN4C(=O)OC(C)(C)C)[nH]3)cc2)cc1. The number of imidazole rings is 2. The number of aromatic nitrogens is 4. The summed E-state index contributed by atoms with van der Waals surface area (Å²) in [7, 11) is 0. The van der Waals surface area contributed by atoms with E-state index in [9.17, 15) is 14.4 Å². The molecule has 2 aromatic carbocycles. The van der Waals surface area contributed by atoms with E-state index in [1.54, 1.807) is 16.7 Å². The van der Waals surface area contributed by atoms with E-state index in [-0.39, 0.29) is 30.5 Å². The highest BCUT2D eigenvalue weighted by Crippen LogP contribution is 2.36. The number of hydrogen-bond donors (Lipinski definition) is 2. The maximum atomic E-state index is 13.1. The lowest BCUT2D eigenvalue weighted by Crippen LogP contribution is -2.36. The molecule has 0 radical (unpaired) electrons. The van der Waals surface area contributed by atoms with Gasteiger partial charge in [-0.1, -0.05) is 48.5 Å². The number of hydrogen-bond acceptors (Lipinski definition) is 8. The smallest absolute Gasteiger partial charge is 0.410 e. The van der Waals surface area contributed by atoms with Gasteiger partial charge in [-0.05, 0) is 90.8 Å². The molecular weight excluding hydrogens is 648 g/mol. The number of H-pyrrole nitrogens is 2. The molecule has 270 valence electrons. The fraction of sp³-hybridized carbons (Fsp3) is 0.462. The van der Waals surface area contributed by atoms with Crippen molar-refractivity contribution in [1.82, 2.24) is 29.7 Å². The minimum absolute atomic E-state index is 0.150. The number of amides is 2. The first-order valence-electron chi connectivity index (χ1n) is 17.7. The van der Waals surface area contributed by atoms with Crippen LogP contribution >= 0.6 is 0 Å². The van der Waals surface area contributed by atoms with E-state index in [1.165, 1.54) is 0 Å². The summed E-state index contributed by atoms with van der Waals surface area (Å²) in [5.41, 5.74) is 4.16. The lowest BCUT2D eigenvalue weighted by atomic mass is 10.0. The molecule has 6 rings (SSSR count). The van der Waals surface area contributed by atoms with Gasteiger partial charge in [-0.15, -0.1) is 0 Å². The van der Waals surface area contributed by atoms with Gasteiger partial charge < -0.3 is 24.2 Å². The Morgan fingerprint density at radius 1 is 0.725 bits per heavy atom. The van der Waals surface area contributed by atoms with Gasteiger partial charge in [-0.25, -0.2) is 24.4 Å². The summed E-state index contributed by atoms with van der Waals surface area (Å²) in [6.07, 6.45) is 4.32. The van der Waals surface area contributed by atoms with Crippen molar-refractivity contribution in [3.05, 3.63) is 72.1 Å². The maximum Gasteiger partial charge on any atom is 0.410 e. The second-order valence-electron chi connectivity index (χ2n) is 15.1. The quantitative estimate of drug-likeness (QED) is 0.145. The van der Waals surface area contributed by atoms with E-state index < -0.39 is 23.3 Å². The van der Waals surface area contributed by atoms with Crippen LogP contribution in [0.15, 0.2) is 54.7 Å². The highest BCUT2D eigenvalue weighted by molar-refractivity contribution is 5.94. The number of ether oxygens (including phenoxy) is 3. The molecule has 4 aromatic rings. The lowest BCUT2D eigenvalue weighted by Gasteiger charge is -2.27.